The molecular formula is C36H45N4O5P. The summed E-state index contributed by atoms with van der Waals surface area (Å²) < 4.78 is 22.8. The van der Waals surface area contributed by atoms with Crippen molar-refractivity contribution < 1.29 is 13.8 Å². The molecule has 1 unspecified atom stereocenters. The third-order valence-electron chi connectivity index (χ3n) is 8.47. The van der Waals surface area contributed by atoms with Gasteiger partial charge in [0.15, 0.2) is 0 Å². The number of benzene rings is 3. The van der Waals surface area contributed by atoms with E-state index in [1.165, 1.54) is 4.57 Å². The molecule has 4 atom stereocenters. The lowest BCUT2D eigenvalue weighted by atomic mass is 9.76. The van der Waals surface area contributed by atoms with Crippen LogP contribution in [0.2, 0.25) is 0 Å². The minimum Gasteiger partial charge on any atom is -0.351 e. The summed E-state index contributed by atoms with van der Waals surface area (Å²) in [6.07, 6.45) is 0.943. The summed E-state index contributed by atoms with van der Waals surface area (Å²) in [5.41, 5.74) is 1.97. The lowest BCUT2D eigenvalue weighted by Gasteiger charge is -2.40. The Hall–Kier alpha value is -3.43. The molecule has 1 aliphatic rings. The monoisotopic (exact) mass is 644 g/mol. The molecule has 244 valence electrons. The predicted molar refractivity (Wildman–Crippen MR) is 183 cm³/mol. The minimum atomic E-state index is -1.38. The number of aromatic amines is 1. The number of H-pyrrole nitrogens is 1. The third kappa shape index (κ3) is 7.10. The van der Waals surface area contributed by atoms with Gasteiger partial charge in [-0.25, -0.2) is 9.46 Å². The van der Waals surface area contributed by atoms with Crippen LogP contribution in [0.3, 0.4) is 0 Å². The summed E-state index contributed by atoms with van der Waals surface area (Å²) in [5, 5.41) is 4.05. The molecule has 0 radical (unpaired) electrons. The van der Waals surface area contributed by atoms with Gasteiger partial charge in [0.2, 0.25) is 0 Å². The van der Waals surface area contributed by atoms with Crippen LogP contribution in [0.5, 0.6) is 0 Å². The van der Waals surface area contributed by atoms with Crippen molar-refractivity contribution >= 4 is 8.53 Å². The molecule has 2 heterocycles. The maximum Gasteiger partial charge on any atom is 0.330 e. The zero-order valence-corrected chi connectivity index (χ0v) is 28.3. The molecule has 10 heteroatoms. The average Bonchev–Trinajstić information content (AvgIpc) is 3.46. The van der Waals surface area contributed by atoms with E-state index in [1.807, 2.05) is 54.6 Å². The molecule has 1 fully saturated rings. The van der Waals surface area contributed by atoms with Gasteiger partial charge in [0, 0.05) is 43.4 Å². The van der Waals surface area contributed by atoms with Crippen molar-refractivity contribution in [1.82, 2.24) is 19.5 Å². The number of nitrogens with one attached hydrogen (secondary N) is 2. The van der Waals surface area contributed by atoms with Crippen LogP contribution in [0.25, 0.3) is 0 Å². The lowest BCUT2D eigenvalue weighted by Crippen LogP contribution is -2.53. The van der Waals surface area contributed by atoms with E-state index in [4.69, 9.17) is 13.8 Å². The summed E-state index contributed by atoms with van der Waals surface area (Å²) >= 11 is 0. The van der Waals surface area contributed by atoms with Crippen LogP contribution in [0.15, 0.2) is 107 Å². The minimum absolute atomic E-state index is 0.210. The van der Waals surface area contributed by atoms with Crippen LogP contribution in [0.4, 0.5) is 0 Å². The summed E-state index contributed by atoms with van der Waals surface area (Å²) in [6, 6.07) is 31.3. The number of hydrogen-bond donors (Lipinski definition) is 2. The largest absolute Gasteiger partial charge is 0.351 e. The Labute approximate surface area is 272 Å². The zero-order valence-electron chi connectivity index (χ0n) is 27.4. The SMILES string of the molecule is COP(OC[C@H]1O[C@@H](n2cc(C)c(=O)[nH]c2=O)C[C@@H]1NC(c1ccccc1)(c1ccccc1)c1ccccc1)N(C(C)C)C(C)C. The number of hydrogen-bond acceptors (Lipinski definition) is 7. The van der Waals surface area contributed by atoms with E-state index in [1.54, 1.807) is 20.2 Å². The van der Waals surface area contributed by atoms with Crippen LogP contribution in [-0.4, -0.2) is 52.2 Å². The fourth-order valence-electron chi connectivity index (χ4n) is 6.42. The fourth-order valence-corrected chi connectivity index (χ4v) is 7.88. The summed E-state index contributed by atoms with van der Waals surface area (Å²) in [7, 11) is 0.297. The maximum absolute atomic E-state index is 13.0. The fraction of sp³-hybridized carbons (Fsp3) is 0.389. The van der Waals surface area contributed by atoms with Crippen LogP contribution >= 0.6 is 8.53 Å². The van der Waals surface area contributed by atoms with Crippen molar-refractivity contribution in [2.24, 2.45) is 0 Å². The number of rotatable bonds is 13. The topological polar surface area (TPSA) is 97.8 Å². The van der Waals surface area contributed by atoms with Crippen molar-refractivity contribution in [3.05, 3.63) is 140 Å². The van der Waals surface area contributed by atoms with E-state index in [0.29, 0.717) is 12.0 Å². The Morgan fingerprint density at radius 1 is 0.913 bits per heavy atom. The van der Waals surface area contributed by atoms with Gasteiger partial charge in [-0.3, -0.25) is 19.7 Å². The molecule has 0 spiro atoms. The van der Waals surface area contributed by atoms with E-state index < -0.39 is 37.6 Å². The molecule has 46 heavy (non-hydrogen) atoms. The molecule has 1 saturated heterocycles. The second-order valence-electron chi connectivity index (χ2n) is 12.2. The van der Waals surface area contributed by atoms with Crippen LogP contribution in [0, 0.1) is 6.92 Å². The molecular weight excluding hydrogens is 599 g/mol. The first-order valence-electron chi connectivity index (χ1n) is 15.8. The summed E-state index contributed by atoms with van der Waals surface area (Å²) in [6.45, 7) is 10.4. The smallest absolute Gasteiger partial charge is 0.330 e. The Morgan fingerprint density at radius 2 is 1.41 bits per heavy atom. The molecule has 2 N–H and O–H groups in total. The molecule has 3 aromatic carbocycles. The van der Waals surface area contributed by atoms with Crippen molar-refractivity contribution in [1.29, 1.82) is 0 Å². The van der Waals surface area contributed by atoms with Gasteiger partial charge in [-0.1, -0.05) is 91.0 Å². The highest BCUT2D eigenvalue weighted by Gasteiger charge is 2.45. The first-order valence-corrected chi connectivity index (χ1v) is 17.0. The van der Waals surface area contributed by atoms with E-state index in [0.717, 1.165) is 16.7 Å². The number of aromatic nitrogens is 2. The average molecular weight is 645 g/mol. The highest BCUT2D eigenvalue weighted by Crippen LogP contribution is 2.46. The second kappa shape index (κ2) is 15.0. The summed E-state index contributed by atoms with van der Waals surface area (Å²) in [4.78, 5) is 27.7. The van der Waals surface area contributed by atoms with Gasteiger partial charge in [0.05, 0.1) is 18.2 Å². The number of ether oxygens (including phenoxy) is 1. The van der Waals surface area contributed by atoms with Gasteiger partial charge in [-0.05, 0) is 51.3 Å². The summed E-state index contributed by atoms with van der Waals surface area (Å²) in [5.74, 6) is 0. The standard InChI is InChI=1S/C36H45N4O5P/c1-25(2)40(26(3)4)46(43-6)44-24-32-31(22-33(45-32)39-23-27(5)34(41)37-35(39)42)38-36(28-16-10-7-11-17-28,29-18-12-8-13-19-29)30-20-14-9-15-21-30/h7-21,23,25-26,31-33,38H,22,24H2,1-6H3,(H,37,41,42)/t31-,32+,33+,46?/m0/s1. The van der Waals surface area contributed by atoms with Gasteiger partial charge in [-0.2, -0.15) is 0 Å². The van der Waals surface area contributed by atoms with Gasteiger partial charge in [0.25, 0.3) is 14.1 Å². The molecule has 0 amide bonds. The van der Waals surface area contributed by atoms with Crippen molar-refractivity contribution in [3.8, 4) is 0 Å². The zero-order chi connectivity index (χ0) is 32.8. The normalized spacial score (nSPS) is 19.3. The van der Waals surface area contributed by atoms with Crippen molar-refractivity contribution in [2.45, 2.75) is 77.0 Å². The molecule has 1 aliphatic heterocycles. The quantitative estimate of drug-likeness (QED) is 0.134. The Morgan fingerprint density at radius 3 is 1.87 bits per heavy atom. The Balaban J connectivity index is 1.60. The van der Waals surface area contributed by atoms with Crippen molar-refractivity contribution in [2.75, 3.05) is 13.7 Å². The third-order valence-corrected chi connectivity index (χ3v) is 10.5. The molecule has 1 aromatic heterocycles. The Bertz CT molecular complexity index is 1560. The molecule has 0 saturated carbocycles. The first kappa shape index (κ1) is 33.9. The van der Waals surface area contributed by atoms with E-state index in [2.05, 4.69) is 79.1 Å². The maximum atomic E-state index is 13.0. The van der Waals surface area contributed by atoms with Crippen molar-refractivity contribution in [3.63, 3.8) is 0 Å². The molecule has 9 nitrogen and oxygen atoms in total. The molecule has 4 aromatic rings. The van der Waals surface area contributed by atoms with Crippen LogP contribution in [0.1, 0.15) is 62.6 Å². The molecule has 0 bridgehead atoms. The van der Waals surface area contributed by atoms with Gasteiger partial charge < -0.3 is 13.8 Å². The lowest BCUT2D eigenvalue weighted by molar-refractivity contribution is -0.0274. The second-order valence-corrected chi connectivity index (χ2v) is 13.8. The predicted octanol–water partition coefficient (Wildman–Crippen LogP) is 6.09. The van der Waals surface area contributed by atoms with Crippen LogP contribution < -0.4 is 16.6 Å². The highest BCUT2D eigenvalue weighted by molar-refractivity contribution is 7.44. The van der Waals surface area contributed by atoms with Gasteiger partial charge in [0.1, 0.15) is 6.23 Å². The van der Waals surface area contributed by atoms with E-state index in [9.17, 15) is 9.59 Å². The number of aryl methyl sites for hydroxylation is 1. The van der Waals surface area contributed by atoms with Gasteiger partial charge >= 0.3 is 5.69 Å². The molecule has 5 rings (SSSR count). The Kier molecular flexibility index (Phi) is 11.1. The first-order chi connectivity index (χ1) is 22.1. The van der Waals surface area contributed by atoms with E-state index >= 15 is 0 Å². The highest BCUT2D eigenvalue weighted by atomic mass is 31.2. The van der Waals surface area contributed by atoms with E-state index in [-0.39, 0.29) is 24.7 Å². The van der Waals surface area contributed by atoms with Gasteiger partial charge in [-0.15, -0.1) is 0 Å². The molecule has 0 aliphatic carbocycles. The van der Waals surface area contributed by atoms with Crippen LogP contribution in [-0.2, 0) is 19.3 Å². The number of nitrogens with zero attached hydrogens (tertiary/aromatic N) is 2.